The molecule has 224 valence electrons. The summed E-state index contributed by atoms with van der Waals surface area (Å²) in [6, 6.07) is 21.4. The Morgan fingerprint density at radius 2 is 0.837 bits per heavy atom. The lowest BCUT2D eigenvalue weighted by atomic mass is 10.1. The molecule has 0 aromatic heterocycles. The lowest BCUT2D eigenvalue weighted by Crippen LogP contribution is -2.21. The largest absolute Gasteiger partial charge is 0.496 e. The van der Waals surface area contributed by atoms with Crippen LogP contribution in [0.3, 0.4) is 0 Å². The van der Waals surface area contributed by atoms with Gasteiger partial charge in [-0.2, -0.15) is 0 Å². The van der Waals surface area contributed by atoms with Gasteiger partial charge in [0, 0.05) is 0 Å². The van der Waals surface area contributed by atoms with Crippen LogP contribution in [0.25, 0.3) is 12.2 Å². The lowest BCUT2D eigenvalue weighted by Gasteiger charge is -2.26. The molecular weight excluding hydrogens is 574 g/mol. The van der Waals surface area contributed by atoms with Crippen LogP contribution in [0.2, 0.25) is 0 Å². The molecule has 0 saturated carbocycles. The Bertz CT molecular complexity index is 1530. The number of hydrogen-bond donors (Lipinski definition) is 0. The van der Waals surface area contributed by atoms with E-state index in [2.05, 4.69) is 0 Å². The third-order valence-electron chi connectivity index (χ3n) is 6.88. The highest BCUT2D eigenvalue weighted by Gasteiger charge is 2.39. The van der Waals surface area contributed by atoms with E-state index in [1.807, 2.05) is 0 Å². The Morgan fingerprint density at radius 1 is 0.535 bits per heavy atom. The molecule has 2 unspecified atom stereocenters. The minimum absolute atomic E-state index is 0.278. The fourth-order valence-electron chi connectivity index (χ4n) is 4.76. The Kier molecular flexibility index (Phi) is 10.2. The second kappa shape index (κ2) is 14.0. The van der Waals surface area contributed by atoms with E-state index in [-0.39, 0.29) is 11.1 Å². The molecule has 0 spiro atoms. The molecule has 0 bridgehead atoms. The van der Waals surface area contributed by atoms with Crippen LogP contribution in [-0.4, -0.2) is 36.9 Å². The lowest BCUT2D eigenvalue weighted by molar-refractivity contribution is 0.384. The molecule has 0 fully saturated rings. The minimum atomic E-state index is -4.30. The zero-order valence-corrected chi connectivity index (χ0v) is 25.0. The van der Waals surface area contributed by atoms with Gasteiger partial charge in [-0.1, -0.05) is 60.7 Å². The van der Waals surface area contributed by atoms with Crippen LogP contribution >= 0.6 is 0 Å². The van der Waals surface area contributed by atoms with Crippen LogP contribution in [0.4, 0.5) is 8.78 Å². The summed E-state index contributed by atoms with van der Waals surface area (Å²) in [6.07, 6.45) is 6.24. The first kappa shape index (κ1) is 31.3. The average Bonchev–Trinajstić information content (AvgIpc) is 3.02. The average molecular weight is 607 g/mol. The zero-order valence-electron chi connectivity index (χ0n) is 24.2. The van der Waals surface area contributed by atoms with Gasteiger partial charge in [0.1, 0.15) is 45.1 Å². The number of halogens is 2. The number of sulfone groups is 1. The fraction of sp³-hybridized carbons (Fsp3) is 0.176. The van der Waals surface area contributed by atoms with Crippen LogP contribution in [0.15, 0.2) is 97.1 Å². The Labute approximate surface area is 250 Å². The standard InChI is InChI=1S/C34H32F2O6S/c1-39-27-7-5-8-28(40-2)33(27)31(21-15-23-11-17-25(35)18-12-23)43(37,38)32(22-16-24-13-19-26(36)20-14-24)34-29(41-3)9-6-10-30(34)42-4/h5-22,31-32H,1-4H3. The minimum Gasteiger partial charge on any atom is -0.496 e. The predicted molar refractivity (Wildman–Crippen MR) is 164 cm³/mol. The summed E-state index contributed by atoms with van der Waals surface area (Å²) in [4.78, 5) is 0. The van der Waals surface area contributed by atoms with E-state index in [1.165, 1.54) is 64.9 Å². The summed E-state index contributed by atoms with van der Waals surface area (Å²) in [5.74, 6) is 0.355. The SMILES string of the molecule is COc1cccc(OC)c1C(C=Cc1ccc(F)cc1)S(=O)(=O)C(C=Cc1ccc(F)cc1)c1c(OC)cccc1OC. The molecule has 0 aliphatic heterocycles. The van der Waals surface area contributed by atoms with Gasteiger partial charge in [0.25, 0.3) is 0 Å². The molecule has 2 atom stereocenters. The quantitative estimate of drug-likeness (QED) is 0.165. The normalized spacial score (nSPS) is 13.2. The van der Waals surface area contributed by atoms with Gasteiger partial charge >= 0.3 is 0 Å². The second-order valence-corrected chi connectivity index (χ2v) is 11.6. The Balaban J connectivity index is 2.00. The molecule has 0 radical (unpaired) electrons. The van der Waals surface area contributed by atoms with Gasteiger partial charge in [0.2, 0.25) is 0 Å². The highest BCUT2D eigenvalue weighted by atomic mass is 32.2. The predicted octanol–water partition coefficient (Wildman–Crippen LogP) is 7.62. The van der Waals surface area contributed by atoms with Crippen LogP contribution in [-0.2, 0) is 9.84 Å². The van der Waals surface area contributed by atoms with Crippen molar-refractivity contribution in [2.45, 2.75) is 10.5 Å². The molecule has 0 aliphatic carbocycles. The van der Waals surface area contributed by atoms with Crippen LogP contribution in [0, 0.1) is 11.6 Å². The number of methoxy groups -OCH3 is 4. The van der Waals surface area contributed by atoms with E-state index in [9.17, 15) is 8.78 Å². The van der Waals surface area contributed by atoms with Crippen molar-refractivity contribution >= 4 is 22.0 Å². The maximum Gasteiger partial charge on any atom is 0.172 e. The van der Waals surface area contributed by atoms with Gasteiger partial charge in [0.05, 0.1) is 39.6 Å². The van der Waals surface area contributed by atoms with Gasteiger partial charge < -0.3 is 18.9 Å². The van der Waals surface area contributed by atoms with Crippen molar-refractivity contribution in [3.05, 3.63) is 131 Å². The third-order valence-corrected chi connectivity index (χ3v) is 9.08. The van der Waals surface area contributed by atoms with Gasteiger partial charge in [-0.3, -0.25) is 0 Å². The molecule has 6 nitrogen and oxygen atoms in total. The van der Waals surface area contributed by atoms with Crippen molar-refractivity contribution in [1.29, 1.82) is 0 Å². The number of benzene rings is 4. The molecular formula is C34H32F2O6S. The van der Waals surface area contributed by atoms with Gasteiger partial charge in [-0.25, -0.2) is 17.2 Å². The number of hydrogen-bond acceptors (Lipinski definition) is 6. The van der Waals surface area contributed by atoms with E-state index in [4.69, 9.17) is 18.9 Å². The summed E-state index contributed by atoms with van der Waals surface area (Å²) >= 11 is 0. The first-order chi connectivity index (χ1) is 20.7. The van der Waals surface area contributed by atoms with E-state index >= 15 is 8.42 Å². The first-order valence-electron chi connectivity index (χ1n) is 13.3. The summed E-state index contributed by atoms with van der Waals surface area (Å²) in [5.41, 5.74) is 1.73. The summed E-state index contributed by atoms with van der Waals surface area (Å²) < 4.78 is 79.7. The smallest absolute Gasteiger partial charge is 0.172 e. The number of ether oxygens (including phenoxy) is 4. The third kappa shape index (κ3) is 7.06. The van der Waals surface area contributed by atoms with Crippen molar-refractivity contribution < 1.29 is 36.1 Å². The van der Waals surface area contributed by atoms with Crippen molar-refractivity contribution in [3.8, 4) is 23.0 Å². The zero-order chi connectivity index (χ0) is 31.0. The second-order valence-electron chi connectivity index (χ2n) is 9.40. The highest BCUT2D eigenvalue weighted by Crippen LogP contribution is 2.48. The summed E-state index contributed by atoms with van der Waals surface area (Å²) in [5, 5.41) is -2.64. The first-order valence-corrected chi connectivity index (χ1v) is 14.9. The van der Waals surface area contributed by atoms with E-state index in [0.717, 1.165) is 0 Å². The molecule has 0 saturated heterocycles. The van der Waals surface area contributed by atoms with E-state index in [0.29, 0.717) is 34.1 Å². The van der Waals surface area contributed by atoms with E-state index in [1.54, 1.807) is 72.8 Å². The molecule has 0 aliphatic rings. The van der Waals surface area contributed by atoms with E-state index < -0.39 is 32.0 Å². The van der Waals surface area contributed by atoms with Crippen molar-refractivity contribution in [2.24, 2.45) is 0 Å². The van der Waals surface area contributed by atoms with Gasteiger partial charge in [0.15, 0.2) is 9.84 Å². The summed E-state index contributed by atoms with van der Waals surface area (Å²) in [7, 11) is 1.48. The van der Waals surface area contributed by atoms with Crippen molar-refractivity contribution in [3.63, 3.8) is 0 Å². The molecule has 0 N–H and O–H groups in total. The molecule has 4 rings (SSSR count). The monoisotopic (exact) mass is 606 g/mol. The summed E-state index contributed by atoms with van der Waals surface area (Å²) in [6.45, 7) is 0. The molecule has 0 heterocycles. The maximum absolute atomic E-state index is 15.0. The van der Waals surface area contributed by atoms with Crippen molar-refractivity contribution in [1.82, 2.24) is 0 Å². The molecule has 4 aromatic rings. The molecule has 0 amide bonds. The van der Waals surface area contributed by atoms with Crippen LogP contribution in [0.1, 0.15) is 32.8 Å². The van der Waals surface area contributed by atoms with Crippen molar-refractivity contribution in [2.75, 3.05) is 28.4 Å². The van der Waals surface area contributed by atoms with Crippen LogP contribution < -0.4 is 18.9 Å². The highest BCUT2D eigenvalue weighted by molar-refractivity contribution is 7.92. The maximum atomic E-state index is 15.0. The molecule has 4 aromatic carbocycles. The Morgan fingerprint density at radius 3 is 1.12 bits per heavy atom. The molecule has 43 heavy (non-hydrogen) atoms. The topological polar surface area (TPSA) is 71.1 Å². The fourth-order valence-corrected chi connectivity index (χ4v) is 6.80. The number of rotatable bonds is 12. The molecule has 9 heteroatoms. The Hall–Kier alpha value is -4.63. The van der Waals surface area contributed by atoms with Crippen LogP contribution in [0.5, 0.6) is 23.0 Å². The van der Waals surface area contributed by atoms with Gasteiger partial charge in [-0.05, 0) is 59.7 Å². The van der Waals surface area contributed by atoms with Gasteiger partial charge in [-0.15, -0.1) is 0 Å².